The maximum absolute atomic E-state index is 11.6. The molecule has 0 aliphatic carbocycles. The lowest BCUT2D eigenvalue weighted by Gasteiger charge is -2.10. The molecule has 6 nitrogen and oxygen atoms in total. The van der Waals surface area contributed by atoms with Gasteiger partial charge in [0.15, 0.2) is 0 Å². The summed E-state index contributed by atoms with van der Waals surface area (Å²) in [6, 6.07) is 13.3. The third-order valence-corrected chi connectivity index (χ3v) is 5.57. The van der Waals surface area contributed by atoms with Crippen molar-refractivity contribution in [3.8, 4) is 11.1 Å². The van der Waals surface area contributed by atoms with Gasteiger partial charge in [-0.15, -0.1) is 11.3 Å². The molecule has 0 amide bonds. The molecule has 2 aromatic carbocycles. The van der Waals surface area contributed by atoms with Gasteiger partial charge in [0.25, 0.3) is 0 Å². The maximum Gasteiger partial charge on any atom is 0.229 e. The molecule has 0 spiro atoms. The van der Waals surface area contributed by atoms with Crippen molar-refractivity contribution in [1.29, 1.82) is 0 Å². The number of thiophene rings is 1. The fourth-order valence-corrected chi connectivity index (χ4v) is 4.46. The van der Waals surface area contributed by atoms with Gasteiger partial charge in [-0.1, -0.05) is 30.3 Å². The van der Waals surface area contributed by atoms with Crippen LogP contribution in [0.15, 0.2) is 48.8 Å². The number of aromatic nitrogens is 2. The lowest BCUT2D eigenvalue weighted by atomic mass is 10.0. The zero-order valence-electron chi connectivity index (χ0n) is 13.2. The Kier molecular flexibility index (Phi) is 3.59. The van der Waals surface area contributed by atoms with Crippen molar-refractivity contribution < 1.29 is 8.42 Å². The van der Waals surface area contributed by atoms with E-state index in [-0.39, 0.29) is 0 Å². The number of anilines is 2. The van der Waals surface area contributed by atoms with Crippen LogP contribution in [0.4, 0.5) is 11.5 Å². The molecule has 2 aromatic heterocycles. The van der Waals surface area contributed by atoms with Crippen LogP contribution < -0.4 is 10.5 Å². The van der Waals surface area contributed by atoms with Crippen LogP contribution in [0.5, 0.6) is 0 Å². The van der Waals surface area contributed by atoms with Crippen molar-refractivity contribution in [1.82, 2.24) is 9.97 Å². The molecule has 4 rings (SSSR count). The van der Waals surface area contributed by atoms with E-state index in [1.54, 1.807) is 12.1 Å². The number of benzene rings is 2. The molecule has 3 N–H and O–H groups in total. The maximum atomic E-state index is 11.6. The number of rotatable bonds is 3. The molecule has 0 saturated carbocycles. The van der Waals surface area contributed by atoms with Crippen LogP contribution in [0.3, 0.4) is 0 Å². The standard InChI is InChI=1S/C17H14N4O2S2/c1-25(22,23)21-13-5-3-2-4-11(13)10-6-7-12-14(8-10)24-16-15(12)19-9-20-17(16)18/h2-9,21H,1H3,(H2,18,19,20). The Labute approximate surface area is 148 Å². The van der Waals surface area contributed by atoms with E-state index >= 15 is 0 Å². The second-order valence-electron chi connectivity index (χ2n) is 5.67. The minimum atomic E-state index is -3.36. The van der Waals surface area contributed by atoms with Crippen LogP contribution >= 0.6 is 11.3 Å². The van der Waals surface area contributed by atoms with Gasteiger partial charge in [0, 0.05) is 15.6 Å². The molecule has 4 aromatic rings. The summed E-state index contributed by atoms with van der Waals surface area (Å²) in [4.78, 5) is 8.36. The van der Waals surface area contributed by atoms with Gasteiger partial charge in [-0.05, 0) is 17.7 Å². The molecule has 0 saturated heterocycles. The lowest BCUT2D eigenvalue weighted by Crippen LogP contribution is -2.10. The largest absolute Gasteiger partial charge is 0.382 e. The van der Waals surface area contributed by atoms with Gasteiger partial charge < -0.3 is 5.73 Å². The quantitative estimate of drug-likeness (QED) is 0.575. The van der Waals surface area contributed by atoms with Gasteiger partial charge in [-0.25, -0.2) is 18.4 Å². The third-order valence-electron chi connectivity index (χ3n) is 3.81. The fraction of sp³-hybridized carbons (Fsp3) is 0.0588. The van der Waals surface area contributed by atoms with Crippen molar-refractivity contribution in [2.24, 2.45) is 0 Å². The molecular weight excluding hydrogens is 356 g/mol. The van der Waals surface area contributed by atoms with E-state index in [1.807, 2.05) is 30.3 Å². The SMILES string of the molecule is CS(=O)(=O)Nc1ccccc1-c1ccc2c(c1)sc1c(N)ncnc12. The number of nitrogens with two attached hydrogens (primary N) is 1. The normalized spacial score (nSPS) is 11.9. The second kappa shape index (κ2) is 5.68. The van der Waals surface area contributed by atoms with Crippen molar-refractivity contribution in [3.63, 3.8) is 0 Å². The van der Waals surface area contributed by atoms with E-state index in [1.165, 1.54) is 17.7 Å². The first-order chi connectivity index (χ1) is 11.9. The first-order valence-electron chi connectivity index (χ1n) is 7.42. The van der Waals surface area contributed by atoms with Crippen molar-refractivity contribution in [2.75, 3.05) is 16.7 Å². The summed E-state index contributed by atoms with van der Waals surface area (Å²) in [5.41, 5.74) is 9.05. The zero-order valence-corrected chi connectivity index (χ0v) is 14.9. The van der Waals surface area contributed by atoms with Crippen molar-refractivity contribution in [2.45, 2.75) is 0 Å². The van der Waals surface area contributed by atoms with E-state index in [2.05, 4.69) is 14.7 Å². The summed E-state index contributed by atoms with van der Waals surface area (Å²) in [5, 5.41) is 1.01. The van der Waals surface area contributed by atoms with Gasteiger partial charge in [-0.3, -0.25) is 4.72 Å². The molecule has 126 valence electrons. The highest BCUT2D eigenvalue weighted by Gasteiger charge is 2.13. The smallest absolute Gasteiger partial charge is 0.229 e. The molecule has 0 atom stereocenters. The summed E-state index contributed by atoms with van der Waals surface area (Å²) in [6.07, 6.45) is 2.60. The van der Waals surface area contributed by atoms with Crippen LogP contribution in [-0.4, -0.2) is 24.6 Å². The zero-order chi connectivity index (χ0) is 17.6. The lowest BCUT2D eigenvalue weighted by molar-refractivity contribution is 0.607. The van der Waals surface area contributed by atoms with Gasteiger partial charge in [0.1, 0.15) is 12.1 Å². The number of nitrogens with zero attached hydrogens (tertiary/aromatic N) is 2. The highest BCUT2D eigenvalue weighted by atomic mass is 32.2. The third kappa shape index (κ3) is 2.90. The Hall–Kier alpha value is -2.71. The van der Waals surface area contributed by atoms with Gasteiger partial charge in [0.2, 0.25) is 10.0 Å². The number of para-hydroxylation sites is 1. The Morgan fingerprint density at radius 1 is 1.12 bits per heavy atom. The van der Waals surface area contributed by atoms with E-state index in [0.717, 1.165) is 37.7 Å². The molecule has 0 aliphatic rings. The summed E-state index contributed by atoms with van der Waals surface area (Å²) < 4.78 is 27.7. The van der Waals surface area contributed by atoms with Crippen LogP contribution in [-0.2, 0) is 10.0 Å². The topological polar surface area (TPSA) is 98.0 Å². The van der Waals surface area contributed by atoms with Crippen LogP contribution in [0, 0.1) is 0 Å². The van der Waals surface area contributed by atoms with Crippen LogP contribution in [0.2, 0.25) is 0 Å². The van der Waals surface area contributed by atoms with Gasteiger partial charge >= 0.3 is 0 Å². The molecule has 8 heteroatoms. The molecule has 2 heterocycles. The number of nitrogens with one attached hydrogen (secondary N) is 1. The molecule has 0 unspecified atom stereocenters. The molecule has 0 fully saturated rings. The summed E-state index contributed by atoms with van der Waals surface area (Å²) in [6.45, 7) is 0. The number of hydrogen-bond acceptors (Lipinski definition) is 6. The first kappa shape index (κ1) is 15.8. The summed E-state index contributed by atoms with van der Waals surface area (Å²) >= 11 is 1.53. The molecule has 25 heavy (non-hydrogen) atoms. The van der Waals surface area contributed by atoms with E-state index in [0.29, 0.717) is 11.5 Å². The fourth-order valence-electron chi connectivity index (χ4n) is 2.78. The van der Waals surface area contributed by atoms with E-state index in [4.69, 9.17) is 5.73 Å². The molecular formula is C17H14N4O2S2. The average molecular weight is 370 g/mol. The molecule has 0 aliphatic heterocycles. The molecule has 0 radical (unpaired) electrons. The monoisotopic (exact) mass is 370 g/mol. The Bertz CT molecular complexity index is 1220. The number of sulfonamides is 1. The molecule has 0 bridgehead atoms. The van der Waals surface area contributed by atoms with Gasteiger partial charge in [-0.2, -0.15) is 0 Å². The average Bonchev–Trinajstić information content (AvgIpc) is 2.93. The number of fused-ring (bicyclic) bond motifs is 3. The first-order valence-corrected chi connectivity index (χ1v) is 10.1. The highest BCUT2D eigenvalue weighted by Crippen LogP contribution is 2.38. The summed E-state index contributed by atoms with van der Waals surface area (Å²) in [7, 11) is -3.36. The number of hydrogen-bond donors (Lipinski definition) is 2. The highest BCUT2D eigenvalue weighted by molar-refractivity contribution is 7.92. The Morgan fingerprint density at radius 3 is 2.72 bits per heavy atom. The minimum Gasteiger partial charge on any atom is -0.382 e. The Balaban J connectivity index is 1.91. The van der Waals surface area contributed by atoms with Crippen LogP contribution in [0.1, 0.15) is 0 Å². The van der Waals surface area contributed by atoms with Gasteiger partial charge in [0.05, 0.1) is 22.2 Å². The predicted molar refractivity (Wildman–Crippen MR) is 103 cm³/mol. The summed E-state index contributed by atoms with van der Waals surface area (Å²) in [5.74, 6) is 0.465. The predicted octanol–water partition coefficient (Wildman–Crippen LogP) is 3.47. The number of nitrogen functional groups attached to an aromatic ring is 1. The van der Waals surface area contributed by atoms with Crippen LogP contribution in [0.25, 0.3) is 31.4 Å². The second-order valence-corrected chi connectivity index (χ2v) is 8.47. The van der Waals surface area contributed by atoms with E-state index < -0.39 is 10.0 Å². The Morgan fingerprint density at radius 2 is 1.92 bits per heavy atom. The minimum absolute atomic E-state index is 0.465. The van der Waals surface area contributed by atoms with E-state index in [9.17, 15) is 8.42 Å². The van der Waals surface area contributed by atoms with Crippen molar-refractivity contribution >= 4 is 53.2 Å². The van der Waals surface area contributed by atoms with Crippen molar-refractivity contribution in [3.05, 3.63) is 48.8 Å².